The van der Waals surface area contributed by atoms with Gasteiger partial charge in [-0.1, -0.05) is 0 Å². The normalized spacial score (nSPS) is 16.9. The van der Waals surface area contributed by atoms with Crippen molar-refractivity contribution < 1.29 is 33.4 Å². The number of hydrogen-bond acceptors (Lipinski definition) is 8. The quantitative estimate of drug-likeness (QED) is 0.411. The van der Waals surface area contributed by atoms with Crippen molar-refractivity contribution in [3.63, 3.8) is 0 Å². The number of carbonyl (C=O) groups is 4. The van der Waals surface area contributed by atoms with E-state index in [1.165, 1.54) is 12.1 Å². The number of carbonyl (C=O) groups excluding carboxylic acids is 4. The van der Waals surface area contributed by atoms with Gasteiger partial charge < -0.3 is 19.1 Å². The summed E-state index contributed by atoms with van der Waals surface area (Å²) in [6.07, 6.45) is 1.11. The first-order valence-electron chi connectivity index (χ1n) is 8.95. The van der Waals surface area contributed by atoms with Gasteiger partial charge in [0.1, 0.15) is 5.78 Å². The van der Waals surface area contributed by atoms with E-state index >= 15 is 0 Å². The zero-order chi connectivity index (χ0) is 20.9. The highest BCUT2D eigenvalue weighted by molar-refractivity contribution is 6.07. The van der Waals surface area contributed by atoms with Crippen molar-refractivity contribution in [2.24, 2.45) is 5.92 Å². The minimum atomic E-state index is -2.32. The van der Waals surface area contributed by atoms with Crippen molar-refractivity contribution in [2.45, 2.75) is 31.3 Å². The van der Waals surface area contributed by atoms with Gasteiger partial charge in [-0.15, -0.1) is 0 Å². The average molecular weight is 391 g/mol. The lowest BCUT2D eigenvalue weighted by molar-refractivity contribution is -0.189. The number of esters is 3. The lowest BCUT2D eigenvalue weighted by Crippen LogP contribution is -2.58. The first kappa shape index (κ1) is 21.4. The van der Waals surface area contributed by atoms with Crippen LogP contribution in [0.1, 0.15) is 36.0 Å². The van der Waals surface area contributed by atoms with E-state index in [2.05, 4.69) is 0 Å². The van der Waals surface area contributed by atoms with Crippen LogP contribution < -0.4 is 4.90 Å². The number of Topliss-reactive ketones (excluding diaryl/α,β-unsaturated/α-hetero) is 1. The second kappa shape index (κ2) is 8.86. The Morgan fingerprint density at radius 1 is 1.04 bits per heavy atom. The smallest absolute Gasteiger partial charge is 0.362 e. The monoisotopic (exact) mass is 391 g/mol. The molecule has 0 unspecified atom stereocenters. The number of ether oxygens (including phenoxy) is 3. The van der Waals surface area contributed by atoms with Crippen molar-refractivity contribution in [2.75, 3.05) is 33.2 Å². The first-order valence-corrected chi connectivity index (χ1v) is 8.95. The molecule has 1 atom stereocenters. The number of benzene rings is 1. The van der Waals surface area contributed by atoms with Gasteiger partial charge >= 0.3 is 23.5 Å². The molecule has 28 heavy (non-hydrogen) atoms. The van der Waals surface area contributed by atoms with Crippen molar-refractivity contribution in [1.29, 1.82) is 0 Å². The Labute approximate surface area is 163 Å². The number of ketones is 1. The standard InChI is InChI=1S/C20H25NO7/c1-21(2)15-10-8-13(9-11-15)17(23)28-20(18(24)26-3,19(25)27-4)14-6-5-7-16(22)12-14/h8-11,14H,5-7,12H2,1-4H3/t14-/m0/s1. The largest absolute Gasteiger partial charge is 0.466 e. The van der Waals surface area contributed by atoms with Gasteiger partial charge in [0.2, 0.25) is 0 Å². The lowest BCUT2D eigenvalue weighted by Gasteiger charge is -2.36. The number of rotatable bonds is 6. The van der Waals surface area contributed by atoms with Crippen molar-refractivity contribution in [3.05, 3.63) is 29.8 Å². The summed E-state index contributed by atoms with van der Waals surface area (Å²) in [5.41, 5.74) is -1.30. The van der Waals surface area contributed by atoms with E-state index in [0.717, 1.165) is 19.9 Å². The van der Waals surface area contributed by atoms with Crippen LogP contribution in [0.15, 0.2) is 24.3 Å². The molecule has 0 saturated heterocycles. The van der Waals surface area contributed by atoms with Gasteiger partial charge in [-0.05, 0) is 37.1 Å². The van der Waals surface area contributed by atoms with Crippen molar-refractivity contribution >= 4 is 29.4 Å². The Kier molecular flexibility index (Phi) is 6.77. The van der Waals surface area contributed by atoms with Crippen LogP contribution in [0.5, 0.6) is 0 Å². The van der Waals surface area contributed by atoms with E-state index < -0.39 is 29.4 Å². The Morgan fingerprint density at radius 2 is 1.61 bits per heavy atom. The molecule has 8 heteroatoms. The Bertz CT molecular complexity index is 738. The molecule has 0 radical (unpaired) electrons. The molecule has 0 aliphatic heterocycles. The fraction of sp³-hybridized carbons (Fsp3) is 0.500. The summed E-state index contributed by atoms with van der Waals surface area (Å²) in [6.45, 7) is 0. The molecular formula is C20H25NO7. The third-order valence-electron chi connectivity index (χ3n) is 4.91. The van der Waals surface area contributed by atoms with E-state index in [9.17, 15) is 19.2 Å². The van der Waals surface area contributed by atoms with Gasteiger partial charge in [-0.2, -0.15) is 0 Å². The van der Waals surface area contributed by atoms with Crippen LogP contribution in [0, 0.1) is 5.92 Å². The van der Waals surface area contributed by atoms with Gasteiger partial charge in [0.15, 0.2) is 0 Å². The van der Waals surface area contributed by atoms with Crippen LogP contribution in [0.2, 0.25) is 0 Å². The van der Waals surface area contributed by atoms with Crippen molar-refractivity contribution in [1.82, 2.24) is 0 Å². The minimum Gasteiger partial charge on any atom is -0.466 e. The predicted molar refractivity (Wildman–Crippen MR) is 99.9 cm³/mol. The zero-order valence-corrected chi connectivity index (χ0v) is 16.5. The summed E-state index contributed by atoms with van der Waals surface area (Å²) in [6, 6.07) is 6.48. The molecule has 152 valence electrons. The molecule has 2 rings (SSSR count). The van der Waals surface area contributed by atoms with Crippen LogP contribution in [0.25, 0.3) is 0 Å². The molecule has 0 heterocycles. The molecule has 0 bridgehead atoms. The van der Waals surface area contributed by atoms with E-state index in [4.69, 9.17) is 14.2 Å². The lowest BCUT2D eigenvalue weighted by atomic mass is 9.76. The molecule has 1 aliphatic carbocycles. The minimum absolute atomic E-state index is 0.0724. The fourth-order valence-electron chi connectivity index (χ4n) is 3.36. The Balaban J connectivity index is 2.42. The van der Waals surface area contributed by atoms with Crippen LogP contribution in [0.3, 0.4) is 0 Å². The molecule has 8 nitrogen and oxygen atoms in total. The number of methoxy groups -OCH3 is 2. The number of hydrogen-bond donors (Lipinski definition) is 0. The van der Waals surface area contributed by atoms with E-state index in [1.807, 2.05) is 19.0 Å². The predicted octanol–water partition coefficient (Wildman–Crippen LogP) is 1.75. The fourth-order valence-corrected chi connectivity index (χ4v) is 3.36. The number of nitrogens with zero attached hydrogens (tertiary/aromatic N) is 1. The molecule has 0 spiro atoms. The summed E-state index contributed by atoms with van der Waals surface area (Å²) >= 11 is 0. The van der Waals surface area contributed by atoms with Gasteiger partial charge in [0, 0.05) is 38.5 Å². The van der Waals surface area contributed by atoms with Gasteiger partial charge in [0.25, 0.3) is 0 Å². The first-order chi connectivity index (χ1) is 13.3. The van der Waals surface area contributed by atoms with E-state index in [0.29, 0.717) is 19.3 Å². The Hall–Kier alpha value is -2.90. The third-order valence-corrected chi connectivity index (χ3v) is 4.91. The van der Waals surface area contributed by atoms with E-state index in [-0.39, 0.29) is 17.8 Å². The van der Waals surface area contributed by atoms with Gasteiger partial charge in [-0.25, -0.2) is 14.4 Å². The van der Waals surface area contributed by atoms with Crippen LogP contribution in [0.4, 0.5) is 5.69 Å². The number of anilines is 1. The highest BCUT2D eigenvalue weighted by Crippen LogP contribution is 2.37. The topological polar surface area (TPSA) is 99.2 Å². The molecule has 0 amide bonds. The highest BCUT2D eigenvalue weighted by Gasteiger charge is 2.59. The maximum absolute atomic E-state index is 12.8. The third kappa shape index (κ3) is 4.16. The van der Waals surface area contributed by atoms with Gasteiger partial charge in [0.05, 0.1) is 19.8 Å². The molecular weight excluding hydrogens is 366 g/mol. The average Bonchev–Trinajstić information content (AvgIpc) is 2.70. The van der Waals surface area contributed by atoms with Crippen molar-refractivity contribution in [3.8, 4) is 0 Å². The summed E-state index contributed by atoms with van der Waals surface area (Å²) in [5, 5.41) is 0. The second-order valence-electron chi connectivity index (χ2n) is 6.88. The molecule has 0 aromatic heterocycles. The summed E-state index contributed by atoms with van der Waals surface area (Å²) < 4.78 is 15.0. The van der Waals surface area contributed by atoms with Gasteiger partial charge in [-0.3, -0.25) is 4.79 Å². The maximum atomic E-state index is 12.8. The van der Waals surface area contributed by atoms with Crippen LogP contribution in [-0.4, -0.2) is 57.6 Å². The van der Waals surface area contributed by atoms with Crippen LogP contribution >= 0.6 is 0 Å². The maximum Gasteiger partial charge on any atom is 0.362 e. The summed E-state index contributed by atoms with van der Waals surface area (Å²) in [5.74, 6) is -3.95. The highest BCUT2D eigenvalue weighted by atomic mass is 16.6. The summed E-state index contributed by atoms with van der Waals surface area (Å²) in [4.78, 5) is 51.8. The molecule has 1 aromatic carbocycles. The molecule has 1 saturated carbocycles. The Morgan fingerprint density at radius 3 is 2.07 bits per heavy atom. The zero-order valence-electron chi connectivity index (χ0n) is 16.5. The second-order valence-corrected chi connectivity index (χ2v) is 6.88. The SMILES string of the molecule is COC(=O)C(OC(=O)c1ccc(N(C)C)cc1)(C(=O)OC)[C@H]1CCCC(=O)C1. The molecule has 1 fully saturated rings. The molecule has 1 aliphatic rings. The van der Waals surface area contributed by atoms with Crippen LogP contribution in [-0.2, 0) is 28.6 Å². The van der Waals surface area contributed by atoms with E-state index in [1.54, 1.807) is 12.1 Å². The molecule has 1 aromatic rings. The summed E-state index contributed by atoms with van der Waals surface area (Å²) in [7, 11) is 5.88. The molecule has 0 N–H and O–H groups in total.